The Balaban J connectivity index is 2.74. The van der Waals surface area contributed by atoms with Crippen molar-refractivity contribution in [3.05, 3.63) is 0 Å². The Kier molecular flexibility index (Phi) is 1.80. The molecule has 2 amide bonds. The lowest BCUT2D eigenvalue weighted by Gasteiger charge is -2.32. The van der Waals surface area contributed by atoms with Crippen LogP contribution >= 0.6 is 0 Å². The number of primary amides is 1. The molecule has 1 unspecified atom stereocenters. The van der Waals surface area contributed by atoms with E-state index in [-0.39, 0.29) is 10.8 Å². The maximum Gasteiger partial charge on any atom is 0.362 e. The Labute approximate surface area is 68.0 Å². The lowest BCUT2D eigenvalue weighted by Crippen LogP contribution is -2.59. The van der Waals surface area contributed by atoms with Crippen LogP contribution < -0.4 is 5.73 Å². The van der Waals surface area contributed by atoms with Gasteiger partial charge in [-0.15, -0.1) is 0 Å². The van der Waals surface area contributed by atoms with Crippen LogP contribution in [0.25, 0.3) is 0 Å². The van der Waals surface area contributed by atoms with Gasteiger partial charge < -0.3 is 5.73 Å². The normalized spacial score (nSPS) is 23.6. The molecule has 7 nitrogen and oxygen atoms in total. The van der Waals surface area contributed by atoms with E-state index < -0.39 is 28.0 Å². The molecule has 1 aliphatic rings. The van der Waals surface area contributed by atoms with Crippen LogP contribution in [0.5, 0.6) is 0 Å². The standard InChI is InChI=1S/C4H6N2O5S/c5-3(7)2-1-6(4(2)8)12(9,10)11/h2H,1H2,(H2,5,7)(H,9,10,11). The second-order valence-corrected chi connectivity index (χ2v) is 3.64. The van der Waals surface area contributed by atoms with Crippen LogP contribution in [0.3, 0.4) is 0 Å². The molecule has 3 N–H and O–H groups in total. The van der Waals surface area contributed by atoms with Gasteiger partial charge in [0.25, 0.3) is 5.91 Å². The maximum absolute atomic E-state index is 10.7. The first-order chi connectivity index (χ1) is 5.34. The van der Waals surface area contributed by atoms with Crippen LogP contribution in [-0.4, -0.2) is 35.6 Å². The summed E-state index contributed by atoms with van der Waals surface area (Å²) in [4.78, 5) is 21.1. The van der Waals surface area contributed by atoms with E-state index in [4.69, 9.17) is 10.3 Å². The van der Waals surface area contributed by atoms with Crippen molar-refractivity contribution >= 4 is 22.1 Å². The number of rotatable bonds is 2. The minimum absolute atomic E-state index is 0.183. The highest BCUT2D eigenvalue weighted by molar-refractivity contribution is 7.84. The summed E-state index contributed by atoms with van der Waals surface area (Å²) in [7, 11) is -4.51. The molecule has 0 saturated carbocycles. The van der Waals surface area contributed by atoms with Crippen LogP contribution in [0, 0.1) is 5.92 Å². The van der Waals surface area contributed by atoms with Crippen LogP contribution in [0.15, 0.2) is 0 Å². The number of β-lactam (4-membered cyclic amide) rings is 1. The van der Waals surface area contributed by atoms with E-state index in [2.05, 4.69) is 0 Å². The fourth-order valence-corrected chi connectivity index (χ4v) is 1.51. The van der Waals surface area contributed by atoms with Crippen molar-refractivity contribution in [3.8, 4) is 0 Å². The summed E-state index contributed by atoms with van der Waals surface area (Å²) >= 11 is 0. The molecule has 0 radical (unpaired) electrons. The number of hydrogen-bond acceptors (Lipinski definition) is 4. The third-order valence-electron chi connectivity index (χ3n) is 1.51. The van der Waals surface area contributed by atoms with Gasteiger partial charge in [-0.05, 0) is 0 Å². The predicted molar refractivity (Wildman–Crippen MR) is 35.9 cm³/mol. The van der Waals surface area contributed by atoms with Gasteiger partial charge in [-0.25, -0.2) is 4.31 Å². The summed E-state index contributed by atoms with van der Waals surface area (Å²) in [6.07, 6.45) is 0. The predicted octanol–water partition coefficient (Wildman–Crippen LogP) is -2.27. The molecule has 1 saturated heterocycles. The quantitative estimate of drug-likeness (QED) is 0.292. The first-order valence-electron chi connectivity index (χ1n) is 2.92. The van der Waals surface area contributed by atoms with Crippen molar-refractivity contribution in [1.29, 1.82) is 0 Å². The zero-order valence-electron chi connectivity index (χ0n) is 5.80. The summed E-state index contributed by atoms with van der Waals surface area (Å²) in [6, 6.07) is 0. The molecular weight excluding hydrogens is 188 g/mol. The second-order valence-electron chi connectivity index (χ2n) is 2.30. The number of hydrogen-bond donors (Lipinski definition) is 2. The van der Waals surface area contributed by atoms with E-state index in [0.29, 0.717) is 0 Å². The maximum atomic E-state index is 10.7. The highest BCUT2D eigenvalue weighted by atomic mass is 32.2. The van der Waals surface area contributed by atoms with E-state index >= 15 is 0 Å². The topological polar surface area (TPSA) is 118 Å². The molecule has 1 rings (SSSR count). The van der Waals surface area contributed by atoms with Gasteiger partial charge in [0.1, 0.15) is 5.92 Å². The fourth-order valence-electron chi connectivity index (χ4n) is 0.815. The van der Waals surface area contributed by atoms with Crippen LogP contribution in [0.2, 0.25) is 0 Å². The molecule has 1 fully saturated rings. The molecule has 1 atom stereocenters. The summed E-state index contributed by atoms with van der Waals surface area (Å²) in [5.74, 6) is -2.99. The van der Waals surface area contributed by atoms with E-state index in [9.17, 15) is 18.0 Å². The Hall–Kier alpha value is -1.15. The largest absolute Gasteiger partial charge is 0.369 e. The van der Waals surface area contributed by atoms with Gasteiger partial charge in [0, 0.05) is 0 Å². The Bertz CT molecular complexity index is 333. The van der Waals surface area contributed by atoms with Gasteiger partial charge >= 0.3 is 10.3 Å². The van der Waals surface area contributed by atoms with E-state index in [1.54, 1.807) is 0 Å². The molecule has 68 valence electrons. The molecule has 0 aliphatic carbocycles. The minimum atomic E-state index is -4.51. The average molecular weight is 194 g/mol. The van der Waals surface area contributed by atoms with E-state index in [1.807, 2.05) is 0 Å². The van der Waals surface area contributed by atoms with Crippen molar-refractivity contribution in [2.75, 3.05) is 6.54 Å². The molecule has 0 aromatic rings. The zero-order chi connectivity index (χ0) is 9.52. The molecule has 8 heteroatoms. The highest BCUT2D eigenvalue weighted by Gasteiger charge is 2.46. The van der Waals surface area contributed by atoms with Crippen molar-refractivity contribution < 1.29 is 22.6 Å². The third kappa shape index (κ3) is 1.25. The summed E-state index contributed by atoms with van der Waals surface area (Å²) in [6.45, 7) is -0.368. The van der Waals surface area contributed by atoms with E-state index in [1.165, 1.54) is 0 Å². The smallest absolute Gasteiger partial charge is 0.362 e. The molecule has 0 aromatic carbocycles. The molecule has 0 bridgehead atoms. The van der Waals surface area contributed by atoms with Crippen molar-refractivity contribution in [1.82, 2.24) is 4.31 Å². The van der Waals surface area contributed by atoms with Gasteiger partial charge in [0.15, 0.2) is 0 Å². The van der Waals surface area contributed by atoms with Crippen LogP contribution in [0.4, 0.5) is 0 Å². The van der Waals surface area contributed by atoms with Crippen molar-refractivity contribution in [2.45, 2.75) is 0 Å². The number of nitrogens with two attached hydrogens (primary N) is 1. The fraction of sp³-hybridized carbons (Fsp3) is 0.500. The highest BCUT2D eigenvalue weighted by Crippen LogP contribution is 2.19. The first kappa shape index (κ1) is 8.94. The number of amides is 2. The zero-order valence-corrected chi connectivity index (χ0v) is 6.61. The molecule has 12 heavy (non-hydrogen) atoms. The SMILES string of the molecule is NC(=O)C1CN(S(=O)(=O)O)C1=O. The van der Waals surface area contributed by atoms with Gasteiger partial charge in [0.2, 0.25) is 5.91 Å². The Morgan fingerprint density at radius 3 is 2.42 bits per heavy atom. The third-order valence-corrected chi connectivity index (χ3v) is 2.40. The lowest BCUT2D eigenvalue weighted by molar-refractivity contribution is -0.146. The summed E-state index contributed by atoms with van der Waals surface area (Å²) in [5, 5.41) is 0. The molecule has 0 aromatic heterocycles. The first-order valence-corrected chi connectivity index (χ1v) is 4.32. The second kappa shape index (κ2) is 2.42. The lowest BCUT2D eigenvalue weighted by atomic mass is 10.0. The van der Waals surface area contributed by atoms with Crippen LogP contribution in [0.1, 0.15) is 0 Å². The van der Waals surface area contributed by atoms with Gasteiger partial charge in [-0.2, -0.15) is 8.42 Å². The monoisotopic (exact) mass is 194 g/mol. The minimum Gasteiger partial charge on any atom is -0.369 e. The molecule has 1 heterocycles. The number of carbonyl (C=O) groups excluding carboxylic acids is 2. The average Bonchev–Trinajstić information content (AvgIpc) is 1.80. The summed E-state index contributed by atoms with van der Waals surface area (Å²) < 4.78 is 29.1. The van der Waals surface area contributed by atoms with Crippen molar-refractivity contribution in [3.63, 3.8) is 0 Å². The number of nitrogens with zero attached hydrogens (tertiary/aromatic N) is 1. The van der Waals surface area contributed by atoms with Gasteiger partial charge in [0.05, 0.1) is 6.54 Å². The summed E-state index contributed by atoms with van der Waals surface area (Å²) in [5.41, 5.74) is 4.73. The van der Waals surface area contributed by atoms with E-state index in [0.717, 1.165) is 0 Å². The molecular formula is C4H6N2O5S. The molecule has 0 spiro atoms. The van der Waals surface area contributed by atoms with Gasteiger partial charge in [-0.3, -0.25) is 14.1 Å². The van der Waals surface area contributed by atoms with Crippen molar-refractivity contribution in [2.24, 2.45) is 11.7 Å². The Morgan fingerprint density at radius 2 is 2.17 bits per heavy atom. The number of carbonyl (C=O) groups is 2. The molecule has 1 aliphatic heterocycles. The van der Waals surface area contributed by atoms with Gasteiger partial charge in [-0.1, -0.05) is 0 Å². The van der Waals surface area contributed by atoms with Crippen LogP contribution in [-0.2, 0) is 19.9 Å². The Morgan fingerprint density at radius 1 is 1.67 bits per heavy atom.